The highest BCUT2D eigenvalue weighted by Crippen LogP contribution is 2.20. The lowest BCUT2D eigenvalue weighted by Crippen LogP contribution is -2.39. The Bertz CT molecular complexity index is 861. The van der Waals surface area contributed by atoms with Gasteiger partial charge in [-0.25, -0.2) is 4.98 Å². The van der Waals surface area contributed by atoms with E-state index in [1.807, 2.05) is 40.8 Å². The van der Waals surface area contributed by atoms with E-state index in [-0.39, 0.29) is 11.9 Å². The summed E-state index contributed by atoms with van der Waals surface area (Å²) in [6.45, 7) is 3.91. The van der Waals surface area contributed by atoms with E-state index in [0.717, 1.165) is 48.6 Å². The number of imidazole rings is 1. The Morgan fingerprint density at radius 2 is 2.07 bits per heavy atom. The first-order chi connectivity index (χ1) is 14.1. The Morgan fingerprint density at radius 3 is 2.76 bits per heavy atom. The van der Waals surface area contributed by atoms with Crippen molar-refractivity contribution in [3.8, 4) is 0 Å². The Balaban J connectivity index is 1.91. The molecule has 0 aliphatic carbocycles. The molecule has 8 heteroatoms. The van der Waals surface area contributed by atoms with E-state index in [2.05, 4.69) is 5.32 Å². The summed E-state index contributed by atoms with van der Waals surface area (Å²) in [5.74, 6) is 0.537. The molecule has 3 rings (SSSR count). The molecule has 1 N–H and O–H groups in total. The average Bonchev–Trinajstić information content (AvgIpc) is 3.13. The van der Waals surface area contributed by atoms with Gasteiger partial charge in [0.15, 0.2) is 5.69 Å². The molecule has 0 saturated carbocycles. The predicted molar refractivity (Wildman–Crippen MR) is 115 cm³/mol. The molecule has 1 aliphatic rings. The number of hydrogen-bond acceptors (Lipinski definition) is 6. The third kappa shape index (κ3) is 4.93. The van der Waals surface area contributed by atoms with Crippen LogP contribution in [0.1, 0.15) is 47.4 Å². The molecule has 3 heterocycles. The number of aromatic nitrogens is 2. The number of ether oxygens (including phenoxy) is 1. The van der Waals surface area contributed by atoms with Crippen LogP contribution in [0.3, 0.4) is 0 Å². The van der Waals surface area contributed by atoms with Crippen LogP contribution in [-0.4, -0.2) is 64.4 Å². The first-order valence-electron chi connectivity index (χ1n) is 10.1. The van der Waals surface area contributed by atoms with Gasteiger partial charge in [-0.2, -0.15) is 11.8 Å². The zero-order valence-corrected chi connectivity index (χ0v) is 18.3. The summed E-state index contributed by atoms with van der Waals surface area (Å²) >= 11 is 1.69. The fourth-order valence-electron chi connectivity index (χ4n) is 3.74. The molecular weight excluding hydrogens is 388 g/mol. The van der Waals surface area contributed by atoms with E-state index in [1.54, 1.807) is 11.8 Å². The van der Waals surface area contributed by atoms with Crippen molar-refractivity contribution < 1.29 is 14.3 Å². The van der Waals surface area contributed by atoms with E-state index in [9.17, 15) is 9.59 Å². The molecule has 1 fully saturated rings. The quantitative estimate of drug-likeness (QED) is 0.664. The number of fused-ring (bicyclic) bond motifs is 1. The van der Waals surface area contributed by atoms with Crippen LogP contribution in [0.25, 0.3) is 5.65 Å². The van der Waals surface area contributed by atoms with Crippen LogP contribution in [0.2, 0.25) is 0 Å². The lowest BCUT2D eigenvalue weighted by Gasteiger charge is -2.26. The SMILES string of the molecule is COC(=O)[C@H](CCSC)NCc1c(C(=O)N2CCCCC2)nc2c(C)cccn12. The fraction of sp³-hybridized carbons (Fsp3) is 0.571. The summed E-state index contributed by atoms with van der Waals surface area (Å²) in [4.78, 5) is 32.0. The third-order valence-corrected chi connectivity index (χ3v) is 6.05. The lowest BCUT2D eigenvalue weighted by atomic mass is 10.1. The van der Waals surface area contributed by atoms with E-state index < -0.39 is 6.04 Å². The number of carbonyl (C=O) groups excluding carboxylic acids is 2. The molecule has 0 aromatic carbocycles. The maximum atomic E-state index is 13.2. The molecular formula is C21H30N4O3S. The minimum Gasteiger partial charge on any atom is -0.468 e. The van der Waals surface area contributed by atoms with Crippen molar-refractivity contribution in [2.75, 3.05) is 32.2 Å². The zero-order valence-electron chi connectivity index (χ0n) is 17.4. The molecule has 7 nitrogen and oxygen atoms in total. The number of esters is 1. The van der Waals surface area contributed by atoms with Crippen LogP contribution in [0, 0.1) is 6.92 Å². The number of rotatable bonds is 8. The van der Waals surface area contributed by atoms with E-state index in [1.165, 1.54) is 13.5 Å². The minimum absolute atomic E-state index is 0.0247. The number of aryl methyl sites for hydroxylation is 1. The highest BCUT2D eigenvalue weighted by Gasteiger charge is 2.27. The molecule has 1 aliphatic heterocycles. The first kappa shape index (κ1) is 21.6. The van der Waals surface area contributed by atoms with Gasteiger partial charge >= 0.3 is 5.97 Å². The Hall–Kier alpha value is -2.06. The summed E-state index contributed by atoms with van der Waals surface area (Å²) < 4.78 is 6.91. The molecule has 1 atom stereocenters. The zero-order chi connectivity index (χ0) is 20.8. The Morgan fingerprint density at radius 1 is 1.31 bits per heavy atom. The number of likely N-dealkylation sites (tertiary alicyclic amines) is 1. The second-order valence-corrected chi connectivity index (χ2v) is 8.37. The Labute approximate surface area is 176 Å². The summed E-state index contributed by atoms with van der Waals surface area (Å²) in [6, 6.07) is 3.53. The number of thioether (sulfide) groups is 1. The van der Waals surface area contributed by atoms with Gasteiger partial charge < -0.3 is 14.0 Å². The van der Waals surface area contributed by atoms with Crippen LogP contribution in [0.15, 0.2) is 18.3 Å². The van der Waals surface area contributed by atoms with Crippen LogP contribution >= 0.6 is 11.8 Å². The molecule has 1 saturated heterocycles. The van der Waals surface area contributed by atoms with Crippen LogP contribution in [-0.2, 0) is 16.1 Å². The molecule has 1 amide bonds. The third-order valence-electron chi connectivity index (χ3n) is 5.40. The molecule has 0 unspecified atom stereocenters. The number of amides is 1. The molecule has 0 radical (unpaired) electrons. The first-order valence-corrected chi connectivity index (χ1v) is 11.5. The molecule has 158 valence electrons. The second-order valence-electron chi connectivity index (χ2n) is 7.38. The van der Waals surface area contributed by atoms with Gasteiger partial charge in [0.1, 0.15) is 11.7 Å². The van der Waals surface area contributed by atoms with Crippen molar-refractivity contribution in [1.29, 1.82) is 0 Å². The Kier molecular flexibility index (Phi) is 7.55. The number of carbonyl (C=O) groups is 2. The van der Waals surface area contributed by atoms with Gasteiger partial charge in [-0.3, -0.25) is 14.9 Å². The number of nitrogens with zero attached hydrogens (tertiary/aromatic N) is 3. The van der Waals surface area contributed by atoms with Gasteiger partial charge in [-0.15, -0.1) is 0 Å². The normalized spacial score (nSPS) is 15.5. The van der Waals surface area contributed by atoms with Crippen molar-refractivity contribution >= 4 is 29.3 Å². The number of methoxy groups -OCH3 is 1. The van der Waals surface area contributed by atoms with E-state index >= 15 is 0 Å². The molecule has 0 spiro atoms. The van der Waals surface area contributed by atoms with Crippen molar-refractivity contribution in [3.63, 3.8) is 0 Å². The number of hydrogen-bond donors (Lipinski definition) is 1. The van der Waals surface area contributed by atoms with Gasteiger partial charge in [0.2, 0.25) is 0 Å². The van der Waals surface area contributed by atoms with Crippen LogP contribution < -0.4 is 5.32 Å². The van der Waals surface area contributed by atoms with Crippen molar-refractivity contribution in [3.05, 3.63) is 35.3 Å². The van der Waals surface area contributed by atoms with Gasteiger partial charge in [0, 0.05) is 25.8 Å². The largest absolute Gasteiger partial charge is 0.468 e. The van der Waals surface area contributed by atoms with Gasteiger partial charge in [-0.1, -0.05) is 6.07 Å². The van der Waals surface area contributed by atoms with Gasteiger partial charge in [0.25, 0.3) is 5.91 Å². The monoisotopic (exact) mass is 418 g/mol. The molecule has 0 bridgehead atoms. The topological polar surface area (TPSA) is 75.9 Å². The standard InChI is InChI=1S/C21H30N4O3S/c1-15-8-7-12-25-17(14-22-16(9-13-29-3)21(27)28-2)18(23-19(15)25)20(26)24-10-5-4-6-11-24/h7-8,12,16,22H,4-6,9-11,13-14H2,1-3H3/t16-/m0/s1. The lowest BCUT2D eigenvalue weighted by molar-refractivity contribution is -0.143. The van der Waals surface area contributed by atoms with Crippen molar-refractivity contribution in [1.82, 2.24) is 19.6 Å². The highest BCUT2D eigenvalue weighted by molar-refractivity contribution is 7.98. The summed E-state index contributed by atoms with van der Waals surface area (Å²) in [5, 5.41) is 3.30. The highest BCUT2D eigenvalue weighted by atomic mass is 32.2. The smallest absolute Gasteiger partial charge is 0.322 e. The minimum atomic E-state index is -0.416. The second kappa shape index (κ2) is 10.1. The summed E-state index contributed by atoms with van der Waals surface area (Å²) in [6.07, 6.45) is 7.83. The van der Waals surface area contributed by atoms with Crippen LogP contribution in [0.4, 0.5) is 0 Å². The maximum Gasteiger partial charge on any atom is 0.322 e. The molecule has 29 heavy (non-hydrogen) atoms. The van der Waals surface area contributed by atoms with E-state index in [4.69, 9.17) is 9.72 Å². The van der Waals surface area contributed by atoms with Gasteiger partial charge in [0.05, 0.1) is 12.8 Å². The molecule has 2 aromatic heterocycles. The van der Waals surface area contributed by atoms with Crippen LogP contribution in [0.5, 0.6) is 0 Å². The van der Waals surface area contributed by atoms with Crippen molar-refractivity contribution in [2.24, 2.45) is 0 Å². The average molecular weight is 419 g/mol. The number of pyridine rings is 1. The number of nitrogens with one attached hydrogen (secondary N) is 1. The molecule has 2 aromatic rings. The number of piperidine rings is 1. The summed E-state index contributed by atoms with van der Waals surface area (Å²) in [7, 11) is 1.40. The van der Waals surface area contributed by atoms with E-state index in [0.29, 0.717) is 18.7 Å². The summed E-state index contributed by atoms with van der Waals surface area (Å²) in [5.41, 5.74) is 3.06. The van der Waals surface area contributed by atoms with Crippen molar-refractivity contribution in [2.45, 2.75) is 45.2 Å². The fourth-order valence-corrected chi connectivity index (χ4v) is 4.21. The van der Waals surface area contributed by atoms with Gasteiger partial charge in [-0.05, 0) is 56.2 Å². The predicted octanol–water partition coefficient (Wildman–Crippen LogP) is 2.65. The maximum absolute atomic E-state index is 13.2.